The Kier molecular flexibility index (Phi) is 44.7. The quantitative estimate of drug-likeness (QED) is 0.0259. The molecular formula is C100H200I2O20Si10. The van der Waals surface area contributed by atoms with Crippen molar-refractivity contribution in [1.82, 2.24) is 0 Å². The highest BCUT2D eigenvalue weighted by molar-refractivity contribution is 14.1. The van der Waals surface area contributed by atoms with Gasteiger partial charge in [-0.2, -0.15) is 0 Å². The summed E-state index contributed by atoms with van der Waals surface area (Å²) in [5.41, 5.74) is 2.40. The van der Waals surface area contributed by atoms with E-state index in [0.717, 1.165) is 44.8 Å². The van der Waals surface area contributed by atoms with Gasteiger partial charge in [-0.05, 0) is 236 Å². The van der Waals surface area contributed by atoms with Crippen LogP contribution in [0, 0.1) is 0 Å². The SMILES string of the molecule is CC(C)(C)[Si](C)(C)O[C@@H]1[C@H](O[Si](C)(C)C(C)(C)C)[C@H]([C@H](/C=C/I)O[Si](C)(C)C(C)(C)C)O[C@H]2CC[C@H](CC=O)O[C@H]12.CCOC(=O)C[C@H]1CC[C@@H]2O[C@@H]([C@H](/C=C/I)O[Si](C)(C)C(C)(C)C)[C@@H](O[Si](C)(C)C(C)(C)C)[C@@H](O[Si](C)(C)C(C)(C)C)[C@H]2O1.CCOC(=O)C[C@H]1CC[C@@H]2O[C@@H]([C@H](/C=C/[Si](C)(C)C)O[Si](C)(C)C(C)(C)C)[C@@H](O[Si](C)(C)C(C)(C)C)[C@@H](O[Si](C)(C)C(C)(C)C)[C@H]2O1. The number of halogens is 2. The number of ether oxygens (including phenoxy) is 8. The molecule has 0 aromatic carbocycles. The van der Waals surface area contributed by atoms with Crippen LogP contribution in [-0.2, 0) is 92.1 Å². The monoisotopic (exact) mass is 2260 g/mol. The van der Waals surface area contributed by atoms with Gasteiger partial charge in [0.15, 0.2) is 74.9 Å². The highest BCUT2D eigenvalue weighted by Gasteiger charge is 2.63. The average Bonchev–Trinajstić information content (AvgIpc) is 0.748. The van der Waals surface area contributed by atoms with Crippen molar-refractivity contribution >= 4 is 146 Å². The Hall–Kier alpha value is 0.859. The van der Waals surface area contributed by atoms with Crippen molar-refractivity contribution in [3.05, 3.63) is 32.1 Å². The lowest BCUT2D eigenvalue weighted by Crippen LogP contribution is -2.69. The van der Waals surface area contributed by atoms with Gasteiger partial charge in [-0.15, -0.1) is 0 Å². The number of hydrogen-bond donors (Lipinski definition) is 0. The van der Waals surface area contributed by atoms with Crippen LogP contribution in [0.1, 0.15) is 259 Å². The first-order valence-corrected chi connectivity index (χ1v) is 82.3. The van der Waals surface area contributed by atoms with Gasteiger partial charge in [0.25, 0.3) is 0 Å². The molecule has 20 nitrogen and oxygen atoms in total. The predicted molar refractivity (Wildman–Crippen MR) is 590 cm³/mol. The molecule has 0 bridgehead atoms. The molecule has 0 aromatic rings. The van der Waals surface area contributed by atoms with E-state index in [0.29, 0.717) is 19.6 Å². The molecule has 0 aromatic heterocycles. The number of aldehydes is 1. The average molecular weight is 2260 g/mol. The summed E-state index contributed by atoms with van der Waals surface area (Å²) >= 11 is 4.58. The van der Waals surface area contributed by atoms with Crippen molar-refractivity contribution < 1.29 is 92.1 Å². The zero-order chi connectivity index (χ0) is 103. The molecule has 6 rings (SSSR count). The zero-order valence-electron chi connectivity index (χ0n) is 93.4. The molecule has 0 unspecified atom stereocenters. The van der Waals surface area contributed by atoms with Crippen molar-refractivity contribution in [3.8, 4) is 0 Å². The molecule has 32 heteroatoms. The minimum atomic E-state index is -2.34. The highest BCUT2D eigenvalue weighted by atomic mass is 127. The van der Waals surface area contributed by atoms with Gasteiger partial charge in [0.1, 0.15) is 79.5 Å². The van der Waals surface area contributed by atoms with E-state index in [2.05, 4.69) is 398 Å². The normalized spacial score (nSPS) is 28.7. The minimum absolute atomic E-state index is 0.00170. The number of rotatable bonds is 33. The number of carbonyl (C=O) groups is 3. The zero-order valence-corrected chi connectivity index (χ0v) is 108. The lowest BCUT2D eigenvalue weighted by Gasteiger charge is -2.56. The summed E-state index contributed by atoms with van der Waals surface area (Å²) in [4.78, 5) is 36.6. The van der Waals surface area contributed by atoms with Gasteiger partial charge in [-0.25, -0.2) is 0 Å². The largest absolute Gasteiger partial charge is 0.466 e. The van der Waals surface area contributed by atoms with Gasteiger partial charge in [0.2, 0.25) is 0 Å². The van der Waals surface area contributed by atoms with Crippen molar-refractivity contribution in [2.75, 3.05) is 13.2 Å². The standard InChI is InChI=1S/C36H74O7Si4.C33H65IO7Si3.C31H61IO6Si3/c1-20-38-29(37)25-26-21-22-27-30(39-26)32(42-46(16,17)35(5,6)7)33(43-47(18,19)36(8,9)10)31(40-27)28(23-24-44(11,12)13)41-45(14,15)34(2,3)4;1-17-36-26(35)22-23-18-19-24-27(37-23)29(40-43(13,14)32(5,6)7)30(41-44(15,16)33(8,9)10)28(38-24)25(20-21-34)39-42(11,12)31(2,3)4;1-29(2,3)39(10,11)36-24(18-20-32)26-28(38-41(14,15)31(7,8)9)27(37-40(12,13)30(4,5)6)25-23(35-26)17-16-22(34-25)19-21-33/h23-24,26-28,30-33H,20-22,25H2,1-19H3;20-21,23-25,27-30H,17-19,22H2,1-16H3;18,20-28H,16-17,19H2,1-15H3/b24-23+;21-20+;20-18+/t26-,27+,28+,30+,31+,32+,33-;23-,24+,25+,27+,28+,29+,30-;22-,23+,24+,25+,26+,27+,28-/m111/s1. The van der Waals surface area contributed by atoms with Crippen LogP contribution in [-0.4, -0.2) is 243 Å². The van der Waals surface area contributed by atoms with Gasteiger partial charge in [-0.1, -0.05) is 264 Å². The van der Waals surface area contributed by atoms with E-state index in [9.17, 15) is 14.4 Å². The highest BCUT2D eigenvalue weighted by Crippen LogP contribution is 2.54. The Morgan fingerprint density at radius 3 is 0.727 bits per heavy atom. The topological polar surface area (TPSA) is 208 Å². The molecule has 132 heavy (non-hydrogen) atoms. The fourth-order valence-corrected chi connectivity index (χ4v) is 27.9. The molecule has 774 valence electrons. The van der Waals surface area contributed by atoms with Crippen molar-refractivity contribution in [2.45, 2.75) is 570 Å². The molecule has 6 fully saturated rings. The van der Waals surface area contributed by atoms with E-state index in [4.69, 9.17) is 77.7 Å². The minimum Gasteiger partial charge on any atom is -0.466 e. The van der Waals surface area contributed by atoms with Crippen LogP contribution in [0.15, 0.2) is 32.1 Å². The molecule has 6 aliphatic rings. The van der Waals surface area contributed by atoms with E-state index in [1.807, 2.05) is 17.9 Å². The number of carbonyl (C=O) groups excluding carboxylic acids is 3. The third-order valence-corrected chi connectivity index (χ3v) is 74.8. The van der Waals surface area contributed by atoms with E-state index < -0.39 is 95.1 Å². The van der Waals surface area contributed by atoms with Crippen LogP contribution in [0.25, 0.3) is 0 Å². The second-order valence-electron chi connectivity index (χ2n) is 53.7. The Bertz CT molecular complexity index is 3690. The first-order valence-electron chi connectivity index (χ1n) is 50.1. The first-order chi connectivity index (χ1) is 59.1. The Labute approximate surface area is 846 Å². The summed E-state index contributed by atoms with van der Waals surface area (Å²) < 4.78 is 123. The summed E-state index contributed by atoms with van der Waals surface area (Å²) in [5.74, 6) is -0.447. The van der Waals surface area contributed by atoms with Gasteiger partial charge < -0.3 is 82.5 Å². The lowest BCUT2D eigenvalue weighted by atomic mass is 9.87. The fraction of sp³-hybridized carbons (Fsp3) is 0.910. The second kappa shape index (κ2) is 47.1. The summed E-state index contributed by atoms with van der Waals surface area (Å²) in [7, 11) is -22.0. The molecule has 0 N–H and O–H groups in total. The van der Waals surface area contributed by atoms with Crippen molar-refractivity contribution in [2.24, 2.45) is 0 Å². The third-order valence-electron chi connectivity index (χ3n) is 32.6. The molecule has 21 atom stereocenters. The summed E-state index contributed by atoms with van der Waals surface area (Å²) in [6, 6.07) is 0. The molecular weight excluding hydrogens is 2060 g/mol. The lowest BCUT2D eigenvalue weighted by molar-refractivity contribution is -0.267. The van der Waals surface area contributed by atoms with Crippen LogP contribution < -0.4 is 0 Å². The van der Waals surface area contributed by atoms with Gasteiger partial charge in [0.05, 0.1) is 89.1 Å². The van der Waals surface area contributed by atoms with Gasteiger partial charge >= 0.3 is 11.9 Å². The van der Waals surface area contributed by atoms with E-state index in [1.54, 1.807) is 0 Å². The maximum absolute atomic E-state index is 12.6. The number of fused-ring (bicyclic) bond motifs is 3. The maximum atomic E-state index is 12.6. The smallest absolute Gasteiger partial charge is 0.308 e. The van der Waals surface area contributed by atoms with Gasteiger partial charge in [-0.3, -0.25) is 9.59 Å². The van der Waals surface area contributed by atoms with Crippen LogP contribution in [0.5, 0.6) is 0 Å². The van der Waals surface area contributed by atoms with Crippen LogP contribution in [0.2, 0.25) is 183 Å². The Morgan fingerprint density at radius 1 is 0.311 bits per heavy atom. The predicted octanol–water partition coefficient (Wildman–Crippen LogP) is 28.2. The molecule has 0 saturated carbocycles. The molecule has 6 aliphatic heterocycles. The molecule has 0 radical (unpaired) electrons. The molecule has 0 amide bonds. The summed E-state index contributed by atoms with van der Waals surface area (Å²) in [6.45, 7) is 114. The number of esters is 2. The Balaban J connectivity index is 0.000000415. The van der Waals surface area contributed by atoms with Crippen molar-refractivity contribution in [1.29, 1.82) is 0 Å². The van der Waals surface area contributed by atoms with Crippen LogP contribution >= 0.6 is 45.2 Å². The Morgan fingerprint density at radius 2 is 0.523 bits per heavy atom. The van der Waals surface area contributed by atoms with Crippen LogP contribution in [0.3, 0.4) is 0 Å². The van der Waals surface area contributed by atoms with E-state index in [1.165, 1.54) is 0 Å². The van der Waals surface area contributed by atoms with Gasteiger partial charge in [0, 0.05) is 6.42 Å². The fourth-order valence-electron chi connectivity index (χ4n) is 14.8. The summed E-state index contributed by atoms with van der Waals surface area (Å²) in [5, 5.41) is 0.0156. The summed E-state index contributed by atoms with van der Waals surface area (Å²) in [6.07, 6.45) is 6.67. The molecule has 6 saturated heterocycles. The molecule has 6 heterocycles. The molecule has 0 aliphatic carbocycles. The van der Waals surface area contributed by atoms with Crippen LogP contribution in [0.4, 0.5) is 0 Å². The first kappa shape index (κ1) is 125. The molecule has 0 spiro atoms. The maximum Gasteiger partial charge on any atom is 0.308 e. The van der Waals surface area contributed by atoms with E-state index >= 15 is 0 Å². The number of hydrogen-bond acceptors (Lipinski definition) is 20. The van der Waals surface area contributed by atoms with Crippen molar-refractivity contribution in [3.63, 3.8) is 0 Å². The van der Waals surface area contributed by atoms with E-state index in [-0.39, 0.29) is 186 Å². The second-order valence-corrected chi connectivity index (χ2v) is 103. The third kappa shape index (κ3) is 34.0.